The molecule has 0 saturated carbocycles. The lowest BCUT2D eigenvalue weighted by atomic mass is 9.97. The highest BCUT2D eigenvalue weighted by molar-refractivity contribution is 14.0. The van der Waals surface area contributed by atoms with Gasteiger partial charge < -0.3 is 19.8 Å². The van der Waals surface area contributed by atoms with E-state index in [1.54, 1.807) is 0 Å². The monoisotopic (exact) mass is 569 g/mol. The zero-order valence-electron chi connectivity index (χ0n) is 20.5. The van der Waals surface area contributed by atoms with Crippen molar-refractivity contribution in [2.45, 2.75) is 52.7 Å². The number of guanidine groups is 1. The molecule has 1 saturated heterocycles. The van der Waals surface area contributed by atoms with Crippen LogP contribution in [0.2, 0.25) is 0 Å². The number of rotatable bonds is 10. The summed E-state index contributed by atoms with van der Waals surface area (Å²) in [6.07, 6.45) is 3.41. The molecule has 0 amide bonds. The summed E-state index contributed by atoms with van der Waals surface area (Å²) >= 11 is 0. The average Bonchev–Trinajstić information content (AvgIpc) is 3.13. The maximum Gasteiger partial charge on any atom is 0.208 e. The first-order valence-electron chi connectivity index (χ1n) is 11.8. The summed E-state index contributed by atoms with van der Waals surface area (Å²) in [5.74, 6) is 3.29. The first kappa shape index (κ1) is 27.6. The number of halogens is 1. The number of ether oxygens (including phenoxy) is 1. The smallest absolute Gasteiger partial charge is 0.208 e. The van der Waals surface area contributed by atoms with Gasteiger partial charge in [0.2, 0.25) is 5.89 Å². The van der Waals surface area contributed by atoms with Crippen LogP contribution in [0.25, 0.3) is 0 Å². The fraction of sp³-hybridized carbons (Fsp3) is 0.600. The zero-order chi connectivity index (χ0) is 22.8. The minimum Gasteiger partial charge on any atom is -0.444 e. The lowest BCUT2D eigenvalue weighted by molar-refractivity contribution is 0.0646. The predicted molar refractivity (Wildman–Crippen MR) is 144 cm³/mol. The molecule has 0 bridgehead atoms. The number of aryl methyl sites for hydroxylation is 2. The molecule has 2 heterocycles. The number of benzene rings is 1. The first-order valence-corrected chi connectivity index (χ1v) is 11.8. The number of oxazole rings is 1. The van der Waals surface area contributed by atoms with Crippen molar-refractivity contribution in [2.24, 2.45) is 10.9 Å². The van der Waals surface area contributed by atoms with Crippen LogP contribution in [0.15, 0.2) is 39.7 Å². The molecule has 1 aromatic carbocycles. The molecule has 2 N–H and O–H groups in total. The number of piperidine rings is 1. The van der Waals surface area contributed by atoms with E-state index in [1.165, 1.54) is 18.4 Å². The Morgan fingerprint density at radius 1 is 1.21 bits per heavy atom. The maximum atomic E-state index is 5.94. The van der Waals surface area contributed by atoms with Crippen molar-refractivity contribution in [2.75, 3.05) is 39.8 Å². The summed E-state index contributed by atoms with van der Waals surface area (Å²) in [4.78, 5) is 11.3. The van der Waals surface area contributed by atoms with Gasteiger partial charge in [-0.15, -0.1) is 24.0 Å². The minimum atomic E-state index is 0. The van der Waals surface area contributed by atoms with Gasteiger partial charge in [-0.05, 0) is 64.6 Å². The molecule has 0 radical (unpaired) electrons. The van der Waals surface area contributed by atoms with Crippen LogP contribution in [0.3, 0.4) is 0 Å². The summed E-state index contributed by atoms with van der Waals surface area (Å²) < 4.78 is 11.7. The van der Waals surface area contributed by atoms with E-state index in [4.69, 9.17) is 9.15 Å². The molecule has 1 aliphatic heterocycles. The van der Waals surface area contributed by atoms with Crippen molar-refractivity contribution in [3.8, 4) is 0 Å². The van der Waals surface area contributed by atoms with Crippen LogP contribution in [0.4, 0.5) is 0 Å². The van der Waals surface area contributed by atoms with E-state index in [9.17, 15) is 0 Å². The van der Waals surface area contributed by atoms with Gasteiger partial charge in [-0.25, -0.2) is 4.98 Å². The van der Waals surface area contributed by atoms with E-state index < -0.39 is 0 Å². The molecule has 2 aromatic rings. The van der Waals surface area contributed by atoms with Crippen molar-refractivity contribution >= 4 is 29.9 Å². The third kappa shape index (κ3) is 9.25. The number of aliphatic imine (C=N–C) groups is 1. The molecule has 1 atom stereocenters. The van der Waals surface area contributed by atoms with Gasteiger partial charge in [0.05, 0.1) is 18.3 Å². The van der Waals surface area contributed by atoms with Gasteiger partial charge in [-0.2, -0.15) is 0 Å². The molecule has 3 rings (SSSR count). The van der Waals surface area contributed by atoms with Gasteiger partial charge in [0.15, 0.2) is 5.96 Å². The Bertz CT molecular complexity index is 815. The van der Waals surface area contributed by atoms with E-state index >= 15 is 0 Å². The summed E-state index contributed by atoms with van der Waals surface area (Å²) in [7, 11) is 1.83. The Morgan fingerprint density at radius 2 is 1.94 bits per heavy atom. The second kappa shape index (κ2) is 14.6. The number of hydrogen-bond acceptors (Lipinski definition) is 5. The number of hydrogen-bond donors (Lipinski definition) is 2. The van der Waals surface area contributed by atoms with Crippen LogP contribution in [0, 0.1) is 19.8 Å². The van der Waals surface area contributed by atoms with Crippen LogP contribution in [-0.2, 0) is 11.3 Å². The molecule has 8 heteroatoms. The normalized spacial score (nSPS) is 16.3. The molecule has 33 heavy (non-hydrogen) atoms. The highest BCUT2D eigenvalue weighted by Crippen LogP contribution is 2.19. The maximum absolute atomic E-state index is 5.94. The van der Waals surface area contributed by atoms with Gasteiger partial charge in [0, 0.05) is 26.7 Å². The van der Waals surface area contributed by atoms with Crippen molar-refractivity contribution in [3.05, 3.63) is 53.2 Å². The summed E-state index contributed by atoms with van der Waals surface area (Å²) in [6.45, 7) is 11.6. The standard InChI is InChI=1S/C25H39N5O2.HI/c1-19-20(2)32-24(29-19)18-30-14-11-22(12-15-30)17-28-25(26-4)27-13-8-16-31-21(3)23-9-6-5-7-10-23;/h5-7,9-10,21-22H,8,11-18H2,1-4H3,(H2,26,27,28);1H. The second-order valence-electron chi connectivity index (χ2n) is 8.63. The number of aromatic nitrogens is 1. The largest absolute Gasteiger partial charge is 0.444 e. The highest BCUT2D eigenvalue weighted by atomic mass is 127. The van der Waals surface area contributed by atoms with Gasteiger partial charge in [-0.3, -0.25) is 9.89 Å². The predicted octanol–water partition coefficient (Wildman–Crippen LogP) is 4.45. The third-order valence-electron chi connectivity index (χ3n) is 6.17. The summed E-state index contributed by atoms with van der Waals surface area (Å²) in [5.41, 5.74) is 2.21. The number of nitrogens with zero attached hydrogens (tertiary/aromatic N) is 3. The van der Waals surface area contributed by atoms with Gasteiger partial charge in [0.1, 0.15) is 5.76 Å². The van der Waals surface area contributed by atoms with Crippen LogP contribution >= 0.6 is 24.0 Å². The molecule has 1 unspecified atom stereocenters. The third-order valence-corrected chi connectivity index (χ3v) is 6.17. The molecular weight excluding hydrogens is 529 g/mol. The minimum absolute atomic E-state index is 0. The van der Waals surface area contributed by atoms with Crippen molar-refractivity contribution in [1.82, 2.24) is 20.5 Å². The van der Waals surface area contributed by atoms with Crippen LogP contribution in [0.5, 0.6) is 0 Å². The van der Waals surface area contributed by atoms with Gasteiger partial charge >= 0.3 is 0 Å². The number of likely N-dealkylation sites (tertiary alicyclic amines) is 1. The molecule has 1 aliphatic rings. The molecule has 184 valence electrons. The second-order valence-corrected chi connectivity index (χ2v) is 8.63. The fourth-order valence-corrected chi connectivity index (χ4v) is 3.97. The van der Waals surface area contributed by atoms with Crippen LogP contribution in [0.1, 0.15) is 55.2 Å². The van der Waals surface area contributed by atoms with Crippen LogP contribution < -0.4 is 10.6 Å². The number of nitrogens with one attached hydrogen (secondary N) is 2. The molecule has 1 aromatic heterocycles. The van der Waals surface area contributed by atoms with E-state index in [0.717, 1.165) is 69.1 Å². The van der Waals surface area contributed by atoms with Gasteiger partial charge in [0.25, 0.3) is 0 Å². The Hall–Kier alpha value is -1.65. The Labute approximate surface area is 215 Å². The van der Waals surface area contributed by atoms with E-state index in [2.05, 4.69) is 44.6 Å². The zero-order valence-corrected chi connectivity index (χ0v) is 22.8. The lowest BCUT2D eigenvalue weighted by Crippen LogP contribution is -2.43. The topological polar surface area (TPSA) is 74.9 Å². The summed E-state index contributed by atoms with van der Waals surface area (Å²) in [5, 5.41) is 6.89. The van der Waals surface area contributed by atoms with E-state index in [0.29, 0.717) is 5.92 Å². The fourth-order valence-electron chi connectivity index (χ4n) is 3.97. The van der Waals surface area contributed by atoms with E-state index in [1.807, 2.05) is 39.1 Å². The first-order chi connectivity index (χ1) is 15.5. The summed E-state index contributed by atoms with van der Waals surface area (Å²) in [6, 6.07) is 10.3. The van der Waals surface area contributed by atoms with Crippen molar-refractivity contribution in [3.63, 3.8) is 0 Å². The van der Waals surface area contributed by atoms with Crippen molar-refractivity contribution in [1.29, 1.82) is 0 Å². The quantitative estimate of drug-likeness (QED) is 0.191. The lowest BCUT2D eigenvalue weighted by Gasteiger charge is -2.31. The molecule has 0 aliphatic carbocycles. The molecule has 0 spiro atoms. The Kier molecular flexibility index (Phi) is 12.2. The molecule has 7 nitrogen and oxygen atoms in total. The highest BCUT2D eigenvalue weighted by Gasteiger charge is 2.21. The van der Waals surface area contributed by atoms with Crippen LogP contribution in [-0.4, -0.2) is 55.7 Å². The molecule has 1 fully saturated rings. The molecular formula is C25H40IN5O2. The SMILES string of the molecule is CN=C(NCCCOC(C)c1ccccc1)NCC1CCN(Cc2nc(C)c(C)o2)CC1.I. The van der Waals surface area contributed by atoms with E-state index in [-0.39, 0.29) is 30.1 Å². The Morgan fingerprint density at radius 3 is 2.58 bits per heavy atom. The Balaban J connectivity index is 0.00000385. The average molecular weight is 570 g/mol. The van der Waals surface area contributed by atoms with Gasteiger partial charge in [-0.1, -0.05) is 30.3 Å². The van der Waals surface area contributed by atoms with Crippen molar-refractivity contribution < 1.29 is 9.15 Å².